The van der Waals surface area contributed by atoms with Crippen LogP contribution in [0.4, 0.5) is 0 Å². The van der Waals surface area contributed by atoms with Crippen LogP contribution in [0, 0.1) is 0 Å². The Hall–Kier alpha value is -1.47. The molecule has 104 valence electrons. The molecule has 1 saturated carbocycles. The van der Waals surface area contributed by atoms with Crippen molar-refractivity contribution in [1.82, 2.24) is 20.1 Å². The average Bonchev–Trinajstić information content (AvgIpc) is 3.16. The number of aliphatic hydroxyl groups is 1. The molecule has 2 unspecified atom stereocenters. The van der Waals surface area contributed by atoms with E-state index in [-0.39, 0.29) is 30.5 Å². The number of morpholine rings is 1. The van der Waals surface area contributed by atoms with Gasteiger partial charge in [-0.05, 0) is 19.8 Å². The maximum Gasteiger partial charge on any atom is 0.293 e. The van der Waals surface area contributed by atoms with Gasteiger partial charge in [0.2, 0.25) is 5.82 Å². The Labute approximate surface area is 111 Å². The van der Waals surface area contributed by atoms with E-state index in [0.717, 1.165) is 18.7 Å². The Morgan fingerprint density at radius 1 is 1.58 bits per heavy atom. The molecule has 2 N–H and O–H groups in total. The van der Waals surface area contributed by atoms with Crippen molar-refractivity contribution in [1.29, 1.82) is 0 Å². The Morgan fingerprint density at radius 3 is 3.05 bits per heavy atom. The first-order chi connectivity index (χ1) is 9.19. The summed E-state index contributed by atoms with van der Waals surface area (Å²) >= 11 is 0. The van der Waals surface area contributed by atoms with Crippen molar-refractivity contribution in [2.45, 2.75) is 37.8 Å². The summed E-state index contributed by atoms with van der Waals surface area (Å²) in [4.78, 5) is 18.3. The molecule has 2 atom stereocenters. The van der Waals surface area contributed by atoms with Crippen LogP contribution in [0.1, 0.15) is 42.1 Å². The molecule has 0 radical (unpaired) electrons. The lowest BCUT2D eigenvalue weighted by Gasteiger charge is -2.36. The molecule has 1 amide bonds. The van der Waals surface area contributed by atoms with E-state index in [1.54, 1.807) is 4.90 Å². The van der Waals surface area contributed by atoms with E-state index >= 15 is 0 Å². The van der Waals surface area contributed by atoms with Gasteiger partial charge < -0.3 is 14.7 Å². The summed E-state index contributed by atoms with van der Waals surface area (Å²) in [5.74, 6) is 1.27. The van der Waals surface area contributed by atoms with Crippen LogP contribution < -0.4 is 0 Å². The molecule has 3 rings (SSSR count). The summed E-state index contributed by atoms with van der Waals surface area (Å²) < 4.78 is 5.42. The van der Waals surface area contributed by atoms with Crippen LogP contribution in [0.2, 0.25) is 0 Å². The Morgan fingerprint density at radius 2 is 2.37 bits per heavy atom. The lowest BCUT2D eigenvalue weighted by Crippen LogP contribution is -2.52. The topological polar surface area (TPSA) is 91.3 Å². The van der Waals surface area contributed by atoms with Gasteiger partial charge >= 0.3 is 0 Å². The molecule has 2 aliphatic rings. The number of aromatic nitrogens is 3. The molecular weight excluding hydrogens is 248 g/mol. The third kappa shape index (κ3) is 2.48. The SMILES string of the molecule is CC1COC(CO)CN1C(=O)c1n[nH]c(C2CC2)n1. The van der Waals surface area contributed by atoms with Crippen molar-refractivity contribution in [3.63, 3.8) is 0 Å². The second-order valence-corrected chi connectivity index (χ2v) is 5.26. The van der Waals surface area contributed by atoms with Crippen LogP contribution in [-0.2, 0) is 4.74 Å². The van der Waals surface area contributed by atoms with E-state index in [1.165, 1.54) is 0 Å². The van der Waals surface area contributed by atoms with Gasteiger partial charge in [-0.3, -0.25) is 9.89 Å². The standard InChI is InChI=1S/C12H18N4O3/c1-7-6-19-9(5-17)4-16(7)12(18)11-13-10(14-15-11)8-2-3-8/h7-9,17H,2-6H2,1H3,(H,13,14,15). The van der Waals surface area contributed by atoms with Gasteiger partial charge in [-0.15, -0.1) is 5.10 Å². The van der Waals surface area contributed by atoms with Crippen LogP contribution in [-0.4, -0.2) is 63.0 Å². The second kappa shape index (κ2) is 4.90. The summed E-state index contributed by atoms with van der Waals surface area (Å²) in [5, 5.41) is 16.0. The van der Waals surface area contributed by atoms with Crippen LogP contribution in [0.3, 0.4) is 0 Å². The lowest BCUT2D eigenvalue weighted by atomic mass is 10.2. The van der Waals surface area contributed by atoms with Crippen LogP contribution >= 0.6 is 0 Å². The quantitative estimate of drug-likeness (QED) is 0.797. The summed E-state index contributed by atoms with van der Waals surface area (Å²) in [6, 6.07) is -0.0295. The number of nitrogens with zero attached hydrogens (tertiary/aromatic N) is 3. The predicted molar refractivity (Wildman–Crippen MR) is 65.7 cm³/mol. The molecule has 1 aliphatic heterocycles. The van der Waals surface area contributed by atoms with Gasteiger partial charge in [0.25, 0.3) is 5.91 Å². The van der Waals surface area contributed by atoms with Crippen LogP contribution in [0.15, 0.2) is 0 Å². The molecule has 1 saturated heterocycles. The van der Waals surface area contributed by atoms with E-state index in [4.69, 9.17) is 9.84 Å². The Balaban J connectivity index is 1.73. The van der Waals surface area contributed by atoms with E-state index in [1.807, 2.05) is 6.92 Å². The van der Waals surface area contributed by atoms with Crippen molar-refractivity contribution in [2.75, 3.05) is 19.8 Å². The van der Waals surface area contributed by atoms with Crippen molar-refractivity contribution < 1.29 is 14.6 Å². The fourth-order valence-electron chi connectivity index (χ4n) is 2.25. The molecule has 7 nitrogen and oxygen atoms in total. The molecule has 2 fully saturated rings. The highest BCUT2D eigenvalue weighted by molar-refractivity contribution is 5.90. The minimum atomic E-state index is -0.318. The number of H-pyrrole nitrogens is 1. The van der Waals surface area contributed by atoms with Crippen molar-refractivity contribution >= 4 is 5.91 Å². The number of hydrogen-bond donors (Lipinski definition) is 2. The lowest BCUT2D eigenvalue weighted by molar-refractivity contribution is -0.0670. The van der Waals surface area contributed by atoms with Gasteiger partial charge in [0, 0.05) is 12.5 Å². The average molecular weight is 266 g/mol. The summed E-state index contributed by atoms with van der Waals surface area (Å²) in [6.07, 6.45) is 1.91. The number of carbonyl (C=O) groups is 1. The fourth-order valence-corrected chi connectivity index (χ4v) is 2.25. The third-order valence-corrected chi connectivity index (χ3v) is 3.63. The van der Waals surface area contributed by atoms with E-state index in [2.05, 4.69) is 15.2 Å². The summed E-state index contributed by atoms with van der Waals surface area (Å²) in [7, 11) is 0. The third-order valence-electron chi connectivity index (χ3n) is 3.63. The number of amides is 1. The molecule has 7 heteroatoms. The van der Waals surface area contributed by atoms with Crippen molar-refractivity contribution in [3.05, 3.63) is 11.6 Å². The minimum absolute atomic E-state index is 0.0295. The van der Waals surface area contributed by atoms with Gasteiger partial charge in [-0.1, -0.05) is 0 Å². The zero-order valence-electron chi connectivity index (χ0n) is 10.9. The molecule has 19 heavy (non-hydrogen) atoms. The molecule has 1 aromatic heterocycles. The first-order valence-corrected chi connectivity index (χ1v) is 6.64. The van der Waals surface area contributed by atoms with Gasteiger partial charge in [0.1, 0.15) is 5.82 Å². The van der Waals surface area contributed by atoms with Crippen molar-refractivity contribution in [3.8, 4) is 0 Å². The van der Waals surface area contributed by atoms with Gasteiger partial charge in [-0.25, -0.2) is 4.98 Å². The monoisotopic (exact) mass is 266 g/mol. The highest BCUT2D eigenvalue weighted by Crippen LogP contribution is 2.37. The number of hydrogen-bond acceptors (Lipinski definition) is 5. The maximum atomic E-state index is 12.4. The number of rotatable bonds is 3. The van der Waals surface area contributed by atoms with Crippen LogP contribution in [0.25, 0.3) is 0 Å². The molecule has 0 spiro atoms. The second-order valence-electron chi connectivity index (χ2n) is 5.26. The first kappa shape index (κ1) is 12.6. The molecule has 0 bridgehead atoms. The Bertz CT molecular complexity index is 471. The molecule has 0 aromatic carbocycles. The molecule has 2 heterocycles. The molecular formula is C12H18N4O3. The number of aromatic amines is 1. The first-order valence-electron chi connectivity index (χ1n) is 6.64. The number of carbonyl (C=O) groups excluding carboxylic acids is 1. The maximum absolute atomic E-state index is 12.4. The number of aliphatic hydroxyl groups excluding tert-OH is 1. The van der Waals surface area contributed by atoms with Gasteiger partial charge in [0.05, 0.1) is 25.4 Å². The van der Waals surface area contributed by atoms with Crippen LogP contribution in [0.5, 0.6) is 0 Å². The smallest absolute Gasteiger partial charge is 0.293 e. The number of nitrogens with one attached hydrogen (secondary N) is 1. The molecule has 1 aliphatic carbocycles. The largest absolute Gasteiger partial charge is 0.394 e. The zero-order chi connectivity index (χ0) is 13.4. The predicted octanol–water partition coefficient (Wildman–Crippen LogP) is -0.0961. The highest BCUT2D eigenvalue weighted by atomic mass is 16.5. The fraction of sp³-hybridized carbons (Fsp3) is 0.750. The van der Waals surface area contributed by atoms with Crippen molar-refractivity contribution in [2.24, 2.45) is 0 Å². The van der Waals surface area contributed by atoms with E-state index in [9.17, 15) is 4.79 Å². The zero-order valence-corrected chi connectivity index (χ0v) is 10.9. The number of ether oxygens (including phenoxy) is 1. The Kier molecular flexibility index (Phi) is 3.24. The normalized spacial score (nSPS) is 27.6. The highest BCUT2D eigenvalue weighted by Gasteiger charge is 2.33. The van der Waals surface area contributed by atoms with Gasteiger partial charge in [-0.2, -0.15) is 0 Å². The molecule has 1 aromatic rings. The van der Waals surface area contributed by atoms with E-state index in [0.29, 0.717) is 19.1 Å². The summed E-state index contributed by atoms with van der Waals surface area (Å²) in [5.41, 5.74) is 0. The minimum Gasteiger partial charge on any atom is -0.394 e. The summed E-state index contributed by atoms with van der Waals surface area (Å²) in [6.45, 7) is 2.64. The van der Waals surface area contributed by atoms with E-state index < -0.39 is 0 Å². The van der Waals surface area contributed by atoms with Gasteiger partial charge in [0.15, 0.2) is 0 Å².